The van der Waals surface area contributed by atoms with E-state index in [9.17, 15) is 0 Å². The monoisotopic (exact) mass is 433 g/mol. The first-order valence-electron chi connectivity index (χ1n) is 9.34. The van der Waals surface area contributed by atoms with E-state index >= 15 is 0 Å². The van der Waals surface area contributed by atoms with Crippen LogP contribution in [0.2, 0.25) is 5.02 Å². The lowest BCUT2D eigenvalue weighted by atomic mass is 10.2. The van der Waals surface area contributed by atoms with E-state index in [-0.39, 0.29) is 0 Å². The first-order valence-corrected chi connectivity index (χ1v) is 10.7. The molecule has 0 saturated heterocycles. The van der Waals surface area contributed by atoms with Gasteiger partial charge in [-0.1, -0.05) is 41.6 Å². The molecule has 1 heterocycles. The molecule has 0 atom stereocenters. The van der Waals surface area contributed by atoms with Gasteiger partial charge < -0.3 is 14.8 Å². The largest absolute Gasteiger partial charge is 0.490 e. The maximum atomic E-state index is 5.95. The van der Waals surface area contributed by atoms with E-state index in [2.05, 4.69) is 20.8 Å². The van der Waals surface area contributed by atoms with Gasteiger partial charge in [0, 0.05) is 30.9 Å². The molecule has 0 fully saturated rings. The molecule has 154 valence electrons. The van der Waals surface area contributed by atoms with E-state index in [1.165, 1.54) is 0 Å². The zero-order chi connectivity index (χ0) is 20.5. The fourth-order valence-corrected chi connectivity index (χ4v) is 3.45. The molecule has 0 radical (unpaired) electrons. The highest BCUT2D eigenvalue weighted by Gasteiger charge is 2.08. The Kier molecular flexibility index (Phi) is 8.15. The average molecular weight is 434 g/mol. The topological polar surface area (TPSA) is 74.1 Å². The maximum absolute atomic E-state index is 5.95. The molecular formula is C20H24ClN5O2S. The Hall–Kier alpha value is -2.29. The third kappa shape index (κ3) is 6.62. The van der Waals surface area contributed by atoms with Crippen LogP contribution in [0.1, 0.15) is 18.1 Å². The van der Waals surface area contributed by atoms with Crippen molar-refractivity contribution < 1.29 is 9.47 Å². The molecule has 0 bridgehead atoms. The Morgan fingerprint density at radius 3 is 2.59 bits per heavy atom. The smallest absolute Gasteiger partial charge is 0.209 e. The van der Waals surface area contributed by atoms with Crippen molar-refractivity contribution in [2.24, 2.45) is 7.05 Å². The molecule has 3 aromatic rings. The molecule has 0 spiro atoms. The first kappa shape index (κ1) is 21.4. The molecule has 2 aromatic carbocycles. The minimum atomic E-state index is 0.461. The van der Waals surface area contributed by atoms with Crippen LogP contribution in [0.5, 0.6) is 11.5 Å². The number of nitrogens with zero attached hydrogens (tertiary/aromatic N) is 4. The lowest BCUT2D eigenvalue weighted by Crippen LogP contribution is -2.17. The molecule has 0 saturated carbocycles. The van der Waals surface area contributed by atoms with Crippen LogP contribution in [0.3, 0.4) is 0 Å². The predicted molar refractivity (Wildman–Crippen MR) is 115 cm³/mol. The summed E-state index contributed by atoms with van der Waals surface area (Å²) in [6.07, 6.45) is 0. The lowest BCUT2D eigenvalue weighted by Gasteiger charge is -2.14. The zero-order valence-electron chi connectivity index (χ0n) is 16.5. The number of aromatic nitrogens is 4. The highest BCUT2D eigenvalue weighted by molar-refractivity contribution is 7.99. The summed E-state index contributed by atoms with van der Waals surface area (Å²) in [7, 11) is 1.83. The van der Waals surface area contributed by atoms with Gasteiger partial charge >= 0.3 is 0 Å². The molecule has 3 rings (SSSR count). The van der Waals surface area contributed by atoms with Crippen LogP contribution >= 0.6 is 23.4 Å². The van der Waals surface area contributed by atoms with Crippen LogP contribution < -0.4 is 14.8 Å². The van der Waals surface area contributed by atoms with Gasteiger partial charge in [-0.25, -0.2) is 4.68 Å². The Morgan fingerprint density at radius 2 is 1.86 bits per heavy atom. The second kappa shape index (κ2) is 11.0. The van der Waals surface area contributed by atoms with Crippen LogP contribution in [0.25, 0.3) is 0 Å². The minimum absolute atomic E-state index is 0.461. The average Bonchev–Trinajstić information content (AvgIpc) is 3.13. The van der Waals surface area contributed by atoms with Gasteiger partial charge in [-0.3, -0.25) is 0 Å². The summed E-state index contributed by atoms with van der Waals surface area (Å²) >= 11 is 7.55. The number of thioether (sulfide) groups is 1. The van der Waals surface area contributed by atoms with Crippen molar-refractivity contribution in [3.05, 3.63) is 58.6 Å². The molecule has 0 aliphatic rings. The molecule has 1 N–H and O–H groups in total. The number of tetrazole rings is 1. The molecule has 0 amide bonds. The van der Waals surface area contributed by atoms with E-state index in [1.807, 2.05) is 56.4 Å². The molecule has 9 heteroatoms. The van der Waals surface area contributed by atoms with Gasteiger partial charge in [0.15, 0.2) is 11.5 Å². The number of nitrogens with one attached hydrogen (secondary N) is 1. The summed E-state index contributed by atoms with van der Waals surface area (Å²) in [5, 5.41) is 16.4. The first-order chi connectivity index (χ1) is 14.2. The van der Waals surface area contributed by atoms with Crippen LogP contribution in [-0.2, 0) is 20.2 Å². The highest BCUT2D eigenvalue weighted by atomic mass is 35.5. The van der Waals surface area contributed by atoms with E-state index in [0.29, 0.717) is 18.2 Å². The highest BCUT2D eigenvalue weighted by Crippen LogP contribution is 2.29. The third-order valence-corrected chi connectivity index (χ3v) is 5.30. The van der Waals surface area contributed by atoms with E-state index in [1.54, 1.807) is 16.4 Å². The van der Waals surface area contributed by atoms with Gasteiger partial charge in [0.2, 0.25) is 5.16 Å². The summed E-state index contributed by atoms with van der Waals surface area (Å²) in [4.78, 5) is 0. The Bertz CT molecular complexity index is 904. The molecule has 7 nitrogen and oxygen atoms in total. The van der Waals surface area contributed by atoms with Crippen molar-refractivity contribution in [3.63, 3.8) is 0 Å². The van der Waals surface area contributed by atoms with E-state index in [4.69, 9.17) is 21.1 Å². The van der Waals surface area contributed by atoms with Crippen molar-refractivity contribution >= 4 is 23.4 Å². The fraction of sp³-hybridized carbons (Fsp3) is 0.350. The number of ether oxygens (including phenoxy) is 2. The molecule has 29 heavy (non-hydrogen) atoms. The number of halogens is 1. The zero-order valence-corrected chi connectivity index (χ0v) is 18.0. The molecule has 1 aromatic heterocycles. The fourth-order valence-electron chi connectivity index (χ4n) is 2.58. The van der Waals surface area contributed by atoms with Crippen LogP contribution in [-0.4, -0.2) is 39.1 Å². The minimum Gasteiger partial charge on any atom is -0.490 e. The van der Waals surface area contributed by atoms with Crippen LogP contribution in [0.4, 0.5) is 0 Å². The van der Waals surface area contributed by atoms with Crippen molar-refractivity contribution in [1.82, 2.24) is 25.5 Å². The SMILES string of the molecule is CCOc1cc(CNCCSc2nnnn2C)ccc1OCc1ccc(Cl)cc1. The standard InChI is InChI=1S/C20H24ClN5O2S/c1-3-27-19-12-16(13-22-10-11-29-20-23-24-25-26(20)2)6-9-18(19)28-14-15-4-7-17(21)8-5-15/h4-9,12,22H,3,10-11,13-14H2,1-2H3. The molecule has 0 aliphatic carbocycles. The summed E-state index contributed by atoms with van der Waals surface area (Å²) in [5.41, 5.74) is 2.19. The van der Waals surface area contributed by atoms with Gasteiger partial charge in [0.25, 0.3) is 0 Å². The van der Waals surface area contributed by atoms with Gasteiger partial charge in [-0.05, 0) is 52.7 Å². The third-order valence-electron chi connectivity index (χ3n) is 4.04. The number of hydrogen-bond donors (Lipinski definition) is 1. The summed E-state index contributed by atoms with van der Waals surface area (Å²) < 4.78 is 13.4. The van der Waals surface area contributed by atoms with Crippen molar-refractivity contribution in [2.75, 3.05) is 18.9 Å². The quantitative estimate of drug-likeness (QED) is 0.365. The second-order valence-corrected chi connectivity index (χ2v) is 7.74. The Balaban J connectivity index is 1.50. The molecular weight excluding hydrogens is 410 g/mol. The van der Waals surface area contributed by atoms with E-state index < -0.39 is 0 Å². The van der Waals surface area contributed by atoms with Crippen molar-refractivity contribution in [1.29, 1.82) is 0 Å². The maximum Gasteiger partial charge on any atom is 0.209 e. The number of benzene rings is 2. The van der Waals surface area contributed by atoms with Crippen LogP contribution in [0.15, 0.2) is 47.6 Å². The number of rotatable bonds is 11. The summed E-state index contributed by atoms with van der Waals surface area (Å²) in [6, 6.07) is 13.7. The van der Waals surface area contributed by atoms with Crippen LogP contribution in [0, 0.1) is 0 Å². The molecule has 0 aliphatic heterocycles. The second-order valence-electron chi connectivity index (χ2n) is 6.24. The normalized spacial score (nSPS) is 10.9. The van der Waals surface area contributed by atoms with E-state index in [0.717, 1.165) is 46.6 Å². The van der Waals surface area contributed by atoms with Crippen molar-refractivity contribution in [2.45, 2.75) is 25.2 Å². The van der Waals surface area contributed by atoms with Gasteiger partial charge in [0.05, 0.1) is 6.61 Å². The number of aryl methyl sites for hydroxylation is 1. The Labute approximate surface area is 179 Å². The van der Waals surface area contributed by atoms with Crippen molar-refractivity contribution in [3.8, 4) is 11.5 Å². The van der Waals surface area contributed by atoms with Gasteiger partial charge in [0.1, 0.15) is 6.61 Å². The lowest BCUT2D eigenvalue weighted by molar-refractivity contribution is 0.269. The van der Waals surface area contributed by atoms with Gasteiger partial charge in [-0.2, -0.15) is 0 Å². The number of hydrogen-bond acceptors (Lipinski definition) is 7. The summed E-state index contributed by atoms with van der Waals surface area (Å²) in [6.45, 7) is 4.59. The summed E-state index contributed by atoms with van der Waals surface area (Å²) in [5.74, 6) is 2.37. The molecule has 0 unspecified atom stereocenters. The predicted octanol–water partition coefficient (Wildman–Crippen LogP) is 3.72. The Morgan fingerprint density at radius 1 is 1.07 bits per heavy atom. The van der Waals surface area contributed by atoms with Gasteiger partial charge in [-0.15, -0.1) is 5.10 Å².